The Hall–Kier alpha value is -2.40. The number of likely N-dealkylation sites (tertiary alicyclic amines) is 1. The lowest BCUT2D eigenvalue weighted by Gasteiger charge is -2.48. The average molecular weight is 460 g/mol. The first-order chi connectivity index (χ1) is 13.8. The van der Waals surface area contributed by atoms with Crippen molar-refractivity contribution in [1.82, 2.24) is 9.62 Å². The lowest BCUT2D eigenvalue weighted by atomic mass is 9.85. The van der Waals surface area contributed by atoms with Gasteiger partial charge < -0.3 is 4.90 Å². The molecule has 0 saturated carbocycles. The number of nitrogens with one attached hydrogen (secondary N) is 1. The molecule has 162 valence electrons. The lowest BCUT2D eigenvalue weighted by molar-refractivity contribution is -0.138. The number of hydrogen-bond acceptors (Lipinski definition) is 5. The van der Waals surface area contributed by atoms with Gasteiger partial charge in [-0.2, -0.15) is 13.2 Å². The molecule has 1 fully saturated rings. The normalized spacial score (nSPS) is 19.3. The van der Waals surface area contributed by atoms with Gasteiger partial charge in [0.15, 0.2) is 0 Å². The molecule has 2 heterocycles. The van der Waals surface area contributed by atoms with Gasteiger partial charge >= 0.3 is 6.18 Å². The summed E-state index contributed by atoms with van der Waals surface area (Å²) in [6, 6.07) is 6.04. The van der Waals surface area contributed by atoms with Gasteiger partial charge in [0.2, 0.25) is 10.0 Å². The van der Waals surface area contributed by atoms with Gasteiger partial charge in [0.25, 0.3) is 11.8 Å². The van der Waals surface area contributed by atoms with Crippen LogP contribution in [-0.4, -0.2) is 37.2 Å². The summed E-state index contributed by atoms with van der Waals surface area (Å²) in [5.41, 5.74) is -2.20. The minimum Gasteiger partial charge on any atom is -0.323 e. The monoisotopic (exact) mass is 460 g/mol. The number of rotatable bonds is 5. The summed E-state index contributed by atoms with van der Waals surface area (Å²) >= 11 is 1.22. The summed E-state index contributed by atoms with van der Waals surface area (Å²) in [5.74, 6) is -2.34. The minimum absolute atomic E-state index is 0.240. The molecule has 1 aliphatic rings. The van der Waals surface area contributed by atoms with Crippen molar-refractivity contribution in [3.63, 3.8) is 0 Å². The maximum atomic E-state index is 13.1. The number of hydrogen-bond donors (Lipinski definition) is 1. The molecule has 1 aliphatic heterocycles. The molecule has 1 aromatic carbocycles. The number of halogens is 3. The number of amides is 2. The number of carbonyl (C=O) groups is 2. The summed E-state index contributed by atoms with van der Waals surface area (Å²) in [5, 5.41) is 1.74. The molecule has 0 radical (unpaired) electrons. The number of benzene rings is 1. The van der Waals surface area contributed by atoms with Gasteiger partial charge in [0.1, 0.15) is 5.54 Å². The van der Waals surface area contributed by atoms with Crippen molar-refractivity contribution in [1.29, 1.82) is 0 Å². The predicted molar refractivity (Wildman–Crippen MR) is 105 cm³/mol. The van der Waals surface area contributed by atoms with Crippen LogP contribution >= 0.6 is 11.3 Å². The Morgan fingerprint density at radius 3 is 2.43 bits per heavy atom. The third-order valence-electron chi connectivity index (χ3n) is 5.13. The van der Waals surface area contributed by atoms with E-state index >= 15 is 0 Å². The van der Waals surface area contributed by atoms with E-state index in [9.17, 15) is 31.2 Å². The zero-order valence-electron chi connectivity index (χ0n) is 16.1. The number of alkyl halides is 3. The molecule has 0 bridgehead atoms. The Morgan fingerprint density at radius 1 is 1.23 bits per heavy atom. The molecular formula is C19H19F3N2O4S2. The van der Waals surface area contributed by atoms with Gasteiger partial charge in [-0.05, 0) is 48.9 Å². The molecule has 6 nitrogen and oxygen atoms in total. The van der Waals surface area contributed by atoms with E-state index in [-0.39, 0.29) is 18.9 Å². The van der Waals surface area contributed by atoms with Crippen LogP contribution in [0.25, 0.3) is 0 Å². The van der Waals surface area contributed by atoms with Crippen molar-refractivity contribution < 1.29 is 31.2 Å². The second-order valence-corrected chi connectivity index (χ2v) is 9.90. The van der Waals surface area contributed by atoms with Crippen LogP contribution in [0.3, 0.4) is 0 Å². The first kappa shape index (κ1) is 22.3. The SMILES string of the molecule is Cc1ccsc1C(=O)N1CCC1(C)C(=O)NS(=O)(=O)Cc1ccccc1C(F)(F)F. The van der Waals surface area contributed by atoms with Crippen molar-refractivity contribution in [3.05, 3.63) is 57.3 Å². The molecule has 1 aromatic heterocycles. The molecule has 1 atom stereocenters. The van der Waals surface area contributed by atoms with Gasteiger partial charge in [-0.3, -0.25) is 14.3 Å². The summed E-state index contributed by atoms with van der Waals surface area (Å²) in [7, 11) is -4.42. The maximum Gasteiger partial charge on any atom is 0.416 e. The summed E-state index contributed by atoms with van der Waals surface area (Å²) in [6.07, 6.45) is -4.48. The molecule has 11 heteroatoms. The Morgan fingerprint density at radius 2 is 1.90 bits per heavy atom. The van der Waals surface area contributed by atoms with E-state index in [2.05, 4.69) is 0 Å². The van der Waals surface area contributed by atoms with E-state index in [0.717, 1.165) is 23.8 Å². The van der Waals surface area contributed by atoms with E-state index in [1.807, 2.05) is 4.72 Å². The number of sulfonamides is 1. The largest absolute Gasteiger partial charge is 0.416 e. The average Bonchev–Trinajstić information content (AvgIpc) is 3.04. The standard InChI is InChI=1S/C19H19F3N2O4S2/c1-12-7-10-29-15(12)16(25)24-9-8-18(24,2)17(26)23-30(27,28)11-13-5-3-4-6-14(13)19(20,21)22/h3-7,10H,8-9,11H2,1-2H3,(H,23,26). The fraction of sp³-hybridized carbons (Fsp3) is 0.368. The molecular weight excluding hydrogens is 441 g/mol. The quantitative estimate of drug-likeness (QED) is 0.742. The van der Waals surface area contributed by atoms with Crippen LogP contribution in [0, 0.1) is 6.92 Å². The predicted octanol–water partition coefficient (Wildman–Crippen LogP) is 3.33. The van der Waals surface area contributed by atoms with Crippen LogP contribution in [0.5, 0.6) is 0 Å². The van der Waals surface area contributed by atoms with E-state index in [4.69, 9.17) is 0 Å². The maximum absolute atomic E-state index is 13.1. The first-order valence-electron chi connectivity index (χ1n) is 8.91. The zero-order chi connectivity index (χ0) is 22.3. The number of carbonyl (C=O) groups excluding carboxylic acids is 2. The number of nitrogens with zero attached hydrogens (tertiary/aromatic N) is 1. The second-order valence-electron chi connectivity index (χ2n) is 7.26. The summed E-state index contributed by atoms with van der Waals surface area (Å²) in [4.78, 5) is 27.2. The van der Waals surface area contributed by atoms with Crippen molar-refractivity contribution in [2.45, 2.75) is 37.7 Å². The lowest BCUT2D eigenvalue weighted by Crippen LogP contribution is -2.67. The molecule has 3 rings (SSSR count). The van der Waals surface area contributed by atoms with Gasteiger partial charge in [0.05, 0.1) is 16.2 Å². The van der Waals surface area contributed by atoms with E-state index in [0.29, 0.717) is 4.88 Å². The highest BCUT2D eigenvalue weighted by atomic mass is 32.2. The van der Waals surface area contributed by atoms with Crippen molar-refractivity contribution in [2.75, 3.05) is 6.54 Å². The van der Waals surface area contributed by atoms with Crippen molar-refractivity contribution in [3.8, 4) is 0 Å². The van der Waals surface area contributed by atoms with Crippen LogP contribution in [0.1, 0.15) is 39.7 Å². The van der Waals surface area contributed by atoms with E-state index < -0.39 is 44.5 Å². The van der Waals surface area contributed by atoms with Gasteiger partial charge in [-0.25, -0.2) is 8.42 Å². The summed E-state index contributed by atoms with van der Waals surface area (Å²) in [6.45, 7) is 3.46. The first-order valence-corrected chi connectivity index (χ1v) is 11.4. The fourth-order valence-corrected chi connectivity index (χ4v) is 5.36. The van der Waals surface area contributed by atoms with Crippen LogP contribution in [0.4, 0.5) is 13.2 Å². The van der Waals surface area contributed by atoms with Crippen LogP contribution in [0.15, 0.2) is 35.7 Å². The molecule has 1 saturated heterocycles. The van der Waals surface area contributed by atoms with Gasteiger partial charge in [-0.15, -0.1) is 11.3 Å². The van der Waals surface area contributed by atoms with Crippen LogP contribution in [0.2, 0.25) is 0 Å². The Balaban J connectivity index is 1.77. The topological polar surface area (TPSA) is 83.6 Å². The minimum atomic E-state index is -4.72. The van der Waals surface area contributed by atoms with E-state index in [1.54, 1.807) is 18.4 Å². The Bertz CT molecular complexity index is 1100. The molecule has 0 spiro atoms. The molecule has 2 aromatic rings. The van der Waals surface area contributed by atoms with Crippen molar-refractivity contribution >= 4 is 33.2 Å². The molecule has 30 heavy (non-hydrogen) atoms. The highest BCUT2D eigenvalue weighted by molar-refractivity contribution is 7.89. The van der Waals surface area contributed by atoms with Crippen LogP contribution < -0.4 is 4.72 Å². The Kier molecular flexibility index (Phi) is 5.72. The van der Waals surface area contributed by atoms with E-state index in [1.165, 1.54) is 29.2 Å². The fourth-order valence-electron chi connectivity index (χ4n) is 3.25. The highest BCUT2D eigenvalue weighted by Crippen LogP contribution is 2.35. The molecule has 1 unspecified atom stereocenters. The highest BCUT2D eigenvalue weighted by Gasteiger charge is 2.51. The zero-order valence-corrected chi connectivity index (χ0v) is 17.7. The third-order valence-corrected chi connectivity index (χ3v) is 7.32. The Labute approximate surface area is 175 Å². The summed E-state index contributed by atoms with van der Waals surface area (Å²) < 4.78 is 66.1. The molecule has 2 amide bonds. The van der Waals surface area contributed by atoms with Gasteiger partial charge in [-0.1, -0.05) is 18.2 Å². The molecule has 0 aliphatic carbocycles. The van der Waals surface area contributed by atoms with Gasteiger partial charge in [0, 0.05) is 6.54 Å². The third kappa shape index (κ3) is 4.22. The number of aryl methyl sites for hydroxylation is 1. The van der Waals surface area contributed by atoms with Crippen molar-refractivity contribution in [2.24, 2.45) is 0 Å². The second kappa shape index (κ2) is 7.69. The molecule has 1 N–H and O–H groups in total. The number of thiophene rings is 1. The van der Waals surface area contributed by atoms with Crippen LogP contribution in [-0.2, 0) is 26.7 Å². The smallest absolute Gasteiger partial charge is 0.323 e.